The molecule has 1 aromatic heterocycles. The van der Waals surface area contributed by atoms with Crippen molar-refractivity contribution in [2.75, 3.05) is 0 Å². The molecule has 0 atom stereocenters. The minimum atomic E-state index is -6.50. The molecule has 0 saturated carbocycles. The summed E-state index contributed by atoms with van der Waals surface area (Å²) < 4.78 is 88.9. The molecule has 3 nitrogen and oxygen atoms in total. The number of alkyl halides is 7. The number of rotatable bonds is 2. The van der Waals surface area contributed by atoms with Gasteiger partial charge in [0.2, 0.25) is 0 Å². The molecular formula is C11H5F7N2O. The van der Waals surface area contributed by atoms with Crippen LogP contribution in [0.15, 0.2) is 29.1 Å². The number of aromatic amines is 1. The molecule has 0 aliphatic carbocycles. The number of aromatic nitrogens is 2. The van der Waals surface area contributed by atoms with Crippen LogP contribution in [0.3, 0.4) is 0 Å². The molecule has 0 radical (unpaired) electrons. The van der Waals surface area contributed by atoms with Gasteiger partial charge in [0, 0.05) is 0 Å². The van der Waals surface area contributed by atoms with Crippen LogP contribution in [-0.4, -0.2) is 22.1 Å². The van der Waals surface area contributed by atoms with Gasteiger partial charge in [0.1, 0.15) is 0 Å². The van der Waals surface area contributed by atoms with E-state index < -0.39 is 29.4 Å². The smallest absolute Gasteiger partial charge is 0.338 e. The number of hydrogen-bond acceptors (Lipinski definition) is 2. The SMILES string of the molecule is O=c1nc(C(F)(F)C(F)(F)C(F)(F)F)[nH]c2ccccc12. The monoisotopic (exact) mass is 314 g/mol. The highest BCUT2D eigenvalue weighted by Crippen LogP contribution is 2.50. The second kappa shape index (κ2) is 4.43. The van der Waals surface area contributed by atoms with Crippen LogP contribution >= 0.6 is 0 Å². The molecule has 1 aromatic carbocycles. The lowest BCUT2D eigenvalue weighted by Crippen LogP contribution is -2.51. The number of nitrogens with one attached hydrogen (secondary N) is 1. The summed E-state index contributed by atoms with van der Waals surface area (Å²) in [6, 6.07) is 4.86. The molecule has 2 rings (SSSR count). The Morgan fingerprint density at radius 2 is 1.52 bits per heavy atom. The van der Waals surface area contributed by atoms with Crippen LogP contribution in [0.2, 0.25) is 0 Å². The summed E-state index contributed by atoms with van der Waals surface area (Å²) in [5.41, 5.74) is -1.66. The zero-order valence-electron chi connectivity index (χ0n) is 9.81. The van der Waals surface area contributed by atoms with E-state index in [-0.39, 0.29) is 10.9 Å². The van der Waals surface area contributed by atoms with E-state index in [9.17, 15) is 35.5 Å². The van der Waals surface area contributed by atoms with Gasteiger partial charge in [-0.25, -0.2) is 0 Å². The second-order valence-corrected chi connectivity index (χ2v) is 4.08. The summed E-state index contributed by atoms with van der Waals surface area (Å²) in [7, 11) is 0. The van der Waals surface area contributed by atoms with Crippen LogP contribution in [0.5, 0.6) is 0 Å². The molecule has 1 heterocycles. The zero-order valence-corrected chi connectivity index (χ0v) is 9.81. The Kier molecular flexibility index (Phi) is 3.22. The highest BCUT2D eigenvalue weighted by molar-refractivity contribution is 5.77. The van der Waals surface area contributed by atoms with Crippen molar-refractivity contribution in [3.05, 3.63) is 40.4 Å². The fourth-order valence-corrected chi connectivity index (χ4v) is 1.57. The number of fused-ring (bicyclic) bond motifs is 1. The average Bonchev–Trinajstić information content (AvgIpc) is 2.37. The molecule has 0 fully saturated rings. The average molecular weight is 314 g/mol. The summed E-state index contributed by atoms with van der Waals surface area (Å²) in [6.07, 6.45) is -6.50. The topological polar surface area (TPSA) is 45.8 Å². The quantitative estimate of drug-likeness (QED) is 0.865. The number of nitrogens with zero attached hydrogens (tertiary/aromatic N) is 1. The molecule has 0 bridgehead atoms. The van der Waals surface area contributed by atoms with Crippen molar-refractivity contribution in [3.63, 3.8) is 0 Å². The van der Waals surface area contributed by atoms with E-state index in [2.05, 4.69) is 4.98 Å². The minimum Gasteiger partial charge on any atom is -0.338 e. The lowest BCUT2D eigenvalue weighted by molar-refractivity contribution is -0.361. The molecule has 10 heteroatoms. The first-order valence-corrected chi connectivity index (χ1v) is 5.30. The zero-order chi connectivity index (χ0) is 16.1. The van der Waals surface area contributed by atoms with Gasteiger partial charge in [0.25, 0.3) is 5.56 Å². The Balaban J connectivity index is 2.68. The Morgan fingerprint density at radius 3 is 2.10 bits per heavy atom. The van der Waals surface area contributed by atoms with Crippen molar-refractivity contribution in [2.45, 2.75) is 18.0 Å². The van der Waals surface area contributed by atoms with E-state index in [0.29, 0.717) is 0 Å². The third-order valence-corrected chi connectivity index (χ3v) is 2.67. The van der Waals surface area contributed by atoms with Crippen LogP contribution in [0.1, 0.15) is 5.82 Å². The van der Waals surface area contributed by atoms with Gasteiger partial charge >= 0.3 is 18.0 Å². The molecule has 1 N–H and O–H groups in total. The fourth-order valence-electron chi connectivity index (χ4n) is 1.57. The molecule has 0 aliphatic rings. The summed E-state index contributed by atoms with van der Waals surface area (Å²) in [4.78, 5) is 15.7. The second-order valence-electron chi connectivity index (χ2n) is 4.08. The first-order chi connectivity index (χ1) is 9.48. The number of halogens is 7. The van der Waals surface area contributed by atoms with Crippen molar-refractivity contribution in [1.82, 2.24) is 9.97 Å². The normalized spacial score (nSPS) is 13.7. The predicted molar refractivity (Wildman–Crippen MR) is 57.3 cm³/mol. The van der Waals surface area contributed by atoms with Crippen LogP contribution in [0, 0.1) is 0 Å². The molecule has 0 aliphatic heterocycles. The molecular weight excluding hydrogens is 309 g/mol. The van der Waals surface area contributed by atoms with E-state index >= 15 is 0 Å². The van der Waals surface area contributed by atoms with Gasteiger partial charge in [-0.15, -0.1) is 0 Å². The van der Waals surface area contributed by atoms with E-state index in [1.54, 1.807) is 4.98 Å². The Hall–Kier alpha value is -2.13. The van der Waals surface area contributed by atoms with Gasteiger partial charge in [-0.1, -0.05) is 12.1 Å². The van der Waals surface area contributed by atoms with E-state index in [0.717, 1.165) is 12.1 Å². The van der Waals surface area contributed by atoms with Crippen molar-refractivity contribution in [1.29, 1.82) is 0 Å². The molecule has 0 saturated heterocycles. The Bertz CT molecular complexity index is 735. The molecule has 0 spiro atoms. The van der Waals surface area contributed by atoms with Crippen molar-refractivity contribution in [3.8, 4) is 0 Å². The van der Waals surface area contributed by atoms with Gasteiger partial charge < -0.3 is 4.98 Å². The first kappa shape index (κ1) is 15.3. The van der Waals surface area contributed by atoms with Crippen molar-refractivity contribution < 1.29 is 30.7 Å². The largest absolute Gasteiger partial charge is 0.460 e. The molecule has 2 aromatic rings. The van der Waals surface area contributed by atoms with E-state index in [4.69, 9.17) is 0 Å². The third-order valence-electron chi connectivity index (χ3n) is 2.67. The minimum absolute atomic E-state index is 0.215. The standard InChI is InChI=1S/C11H5F7N2O/c12-9(13,10(14,15)11(16,17)18)8-19-6-4-2-1-3-5(6)7(21)20-8/h1-4H,(H,19,20,21). The van der Waals surface area contributed by atoms with Gasteiger partial charge in [0.15, 0.2) is 5.82 Å². The van der Waals surface area contributed by atoms with Crippen LogP contribution < -0.4 is 5.56 Å². The van der Waals surface area contributed by atoms with Gasteiger partial charge in [0.05, 0.1) is 10.9 Å². The van der Waals surface area contributed by atoms with Crippen LogP contribution in [-0.2, 0) is 5.92 Å². The lowest BCUT2D eigenvalue weighted by Gasteiger charge is -2.27. The molecule has 114 valence electrons. The Morgan fingerprint density at radius 1 is 0.952 bits per heavy atom. The maximum Gasteiger partial charge on any atom is 0.460 e. The first-order valence-electron chi connectivity index (χ1n) is 5.30. The molecule has 21 heavy (non-hydrogen) atoms. The van der Waals surface area contributed by atoms with Crippen LogP contribution in [0.25, 0.3) is 10.9 Å². The third kappa shape index (κ3) is 2.24. The lowest BCUT2D eigenvalue weighted by atomic mass is 10.1. The number of benzene rings is 1. The summed E-state index contributed by atoms with van der Waals surface area (Å²) in [6.45, 7) is 0. The highest BCUT2D eigenvalue weighted by Gasteiger charge is 2.74. The van der Waals surface area contributed by atoms with Gasteiger partial charge in [-0.3, -0.25) is 4.79 Å². The number of para-hydroxylation sites is 1. The fraction of sp³-hybridized carbons (Fsp3) is 0.273. The van der Waals surface area contributed by atoms with Crippen LogP contribution in [0.4, 0.5) is 30.7 Å². The van der Waals surface area contributed by atoms with E-state index in [1.807, 2.05) is 0 Å². The highest BCUT2D eigenvalue weighted by atomic mass is 19.4. The maximum atomic E-state index is 13.4. The van der Waals surface area contributed by atoms with Gasteiger partial charge in [-0.2, -0.15) is 35.7 Å². The number of hydrogen-bond donors (Lipinski definition) is 1. The van der Waals surface area contributed by atoms with Crippen molar-refractivity contribution in [2.24, 2.45) is 0 Å². The summed E-state index contributed by atoms with van der Waals surface area (Å²) in [5, 5.41) is -0.215. The predicted octanol–water partition coefficient (Wildman–Crippen LogP) is 3.21. The molecule has 0 amide bonds. The van der Waals surface area contributed by atoms with Gasteiger partial charge in [-0.05, 0) is 12.1 Å². The Labute approximate surface area is 111 Å². The summed E-state index contributed by atoms with van der Waals surface area (Å²) in [5.74, 6) is -14.1. The molecule has 0 unspecified atom stereocenters. The van der Waals surface area contributed by atoms with E-state index in [1.165, 1.54) is 12.1 Å². The van der Waals surface area contributed by atoms with Crippen molar-refractivity contribution >= 4 is 10.9 Å². The summed E-state index contributed by atoms with van der Waals surface area (Å²) >= 11 is 0. The number of H-pyrrole nitrogens is 1. The maximum absolute atomic E-state index is 13.4.